The first-order valence-corrected chi connectivity index (χ1v) is 30.9. The van der Waals surface area contributed by atoms with Crippen LogP contribution in [0.5, 0.6) is 17.5 Å². The van der Waals surface area contributed by atoms with Crippen LogP contribution in [-0.4, -0.2) is 139 Å². The summed E-state index contributed by atoms with van der Waals surface area (Å²) in [6.45, 7) is 17.2. The van der Waals surface area contributed by atoms with Gasteiger partial charge in [0.15, 0.2) is 5.82 Å². The zero-order chi connectivity index (χ0) is 60.8. The van der Waals surface area contributed by atoms with Crippen LogP contribution >= 0.6 is 11.3 Å². The van der Waals surface area contributed by atoms with Crippen LogP contribution in [0.25, 0.3) is 43.4 Å². The fraction of sp³-hybridized carbons (Fsp3) is 0.470. The number of phenolic OH excluding ortho intramolecular Hbond substituents is 1. The Morgan fingerprint density at radius 3 is 2.35 bits per heavy atom. The number of amides is 3. The maximum atomic E-state index is 17.2. The van der Waals surface area contributed by atoms with Gasteiger partial charge in [0.1, 0.15) is 46.4 Å². The van der Waals surface area contributed by atoms with Gasteiger partial charge in [-0.05, 0) is 160 Å². The topological polar surface area (TPSA) is 216 Å². The van der Waals surface area contributed by atoms with Gasteiger partial charge in [0.05, 0.1) is 52.4 Å². The Morgan fingerprint density at radius 2 is 1.67 bits per heavy atom. The average Bonchev–Trinajstić information content (AvgIpc) is 1.45. The molecule has 3 aliphatic heterocycles. The number of rotatable bonds is 18. The number of carbonyl (C=O) groups excluding carboxylic acids is 3. The van der Waals surface area contributed by atoms with E-state index >= 15 is 8.78 Å². The van der Waals surface area contributed by atoms with Gasteiger partial charge in [-0.15, -0.1) is 11.3 Å². The molecule has 3 saturated heterocycles. The molecule has 5 atom stereocenters. The third-order valence-corrected chi connectivity index (χ3v) is 18.7. The fourth-order valence-corrected chi connectivity index (χ4v) is 13.4. The molecule has 11 rings (SSSR count). The number of nitrogens with zero attached hydrogens (tertiary/aromatic N) is 7. The first-order valence-electron chi connectivity index (χ1n) is 30.0. The molecule has 6 heterocycles. The molecule has 4 aromatic carbocycles. The summed E-state index contributed by atoms with van der Waals surface area (Å²) in [6, 6.07) is 18.4. The molecule has 20 heteroatoms. The number of thiazole rings is 1. The lowest BCUT2D eigenvalue weighted by Crippen LogP contribution is -2.57. The van der Waals surface area contributed by atoms with E-state index in [0.717, 1.165) is 67.0 Å². The molecule has 1 saturated carbocycles. The number of benzene rings is 4. The van der Waals surface area contributed by atoms with Crippen molar-refractivity contribution in [2.24, 2.45) is 16.7 Å². The quantitative estimate of drug-likeness (QED) is 0.0541. The van der Waals surface area contributed by atoms with Crippen LogP contribution in [0.4, 0.5) is 14.6 Å². The third kappa shape index (κ3) is 13.0. The molecule has 1 unspecified atom stereocenters. The summed E-state index contributed by atoms with van der Waals surface area (Å²) in [5.74, 6) is -1.23. The molecular weight excluding hydrogens is 1120 g/mol. The molecule has 7 aromatic rings. The number of aryl methyl sites for hydroxylation is 2. The van der Waals surface area contributed by atoms with Gasteiger partial charge in [0.2, 0.25) is 11.8 Å². The predicted molar refractivity (Wildman–Crippen MR) is 327 cm³/mol. The number of ether oxygens (including phenoxy) is 2. The predicted octanol–water partition coefficient (Wildman–Crippen LogP) is 10.1. The Morgan fingerprint density at radius 1 is 0.930 bits per heavy atom. The maximum absolute atomic E-state index is 17.2. The van der Waals surface area contributed by atoms with E-state index in [1.807, 2.05) is 76.2 Å². The summed E-state index contributed by atoms with van der Waals surface area (Å²) < 4.78 is 45.2. The average molecular weight is 1190 g/mol. The van der Waals surface area contributed by atoms with Crippen molar-refractivity contribution < 1.29 is 48.0 Å². The number of aliphatic hydroxyl groups excluding tert-OH is 1. The molecule has 0 radical (unpaired) electrons. The highest BCUT2D eigenvalue weighted by atomic mass is 32.1. The second kappa shape index (κ2) is 24.4. The van der Waals surface area contributed by atoms with Crippen LogP contribution in [0.3, 0.4) is 0 Å². The Hall–Kier alpha value is -7.39. The molecule has 3 amide bonds. The van der Waals surface area contributed by atoms with Crippen molar-refractivity contribution >= 4 is 56.6 Å². The number of fused-ring (bicyclic) bond motifs is 2. The number of nitrogens with one attached hydrogen (secondary N) is 2. The highest BCUT2D eigenvalue weighted by Crippen LogP contribution is 2.48. The highest BCUT2D eigenvalue weighted by molar-refractivity contribution is 7.13. The van der Waals surface area contributed by atoms with Crippen molar-refractivity contribution in [3.63, 3.8) is 0 Å². The normalized spacial score (nSPS) is 20.7. The number of likely N-dealkylation sites (tertiary alicyclic amines) is 2. The lowest BCUT2D eigenvalue weighted by atomic mass is 9.85. The van der Waals surface area contributed by atoms with Crippen molar-refractivity contribution in [3.05, 3.63) is 119 Å². The summed E-state index contributed by atoms with van der Waals surface area (Å²) in [5.41, 5.74) is 3.70. The van der Waals surface area contributed by atoms with Crippen LogP contribution in [0.1, 0.15) is 120 Å². The molecule has 4 aliphatic rings. The van der Waals surface area contributed by atoms with Crippen molar-refractivity contribution in [1.29, 1.82) is 0 Å². The molecule has 0 bridgehead atoms. The van der Waals surface area contributed by atoms with Crippen LogP contribution in [-0.2, 0) is 16.0 Å². The van der Waals surface area contributed by atoms with E-state index in [1.54, 1.807) is 48.6 Å². The van der Waals surface area contributed by atoms with Gasteiger partial charge in [0, 0.05) is 55.3 Å². The molecule has 0 spiro atoms. The fourth-order valence-electron chi connectivity index (χ4n) is 12.6. The summed E-state index contributed by atoms with van der Waals surface area (Å²) in [4.78, 5) is 67.4. The second-order valence-electron chi connectivity index (χ2n) is 25.6. The van der Waals surface area contributed by atoms with Crippen molar-refractivity contribution in [1.82, 2.24) is 40.4 Å². The van der Waals surface area contributed by atoms with Gasteiger partial charge >= 0.3 is 6.01 Å². The number of phenols is 1. The number of aliphatic hydroxyl groups is 2. The number of β-amino-alcohol motifs (C(OH)–C–C–N with tert-alkyl or cyclic N) is 2. The number of hydrogen-bond acceptors (Lipinski definition) is 15. The molecular formula is C66H77F2N9O8S. The van der Waals surface area contributed by atoms with Crippen molar-refractivity contribution in [2.75, 3.05) is 57.4 Å². The first kappa shape index (κ1) is 60.3. The molecule has 5 N–H and O–H groups in total. The Balaban J connectivity index is 0.686. The van der Waals surface area contributed by atoms with E-state index < -0.39 is 52.7 Å². The molecule has 17 nitrogen and oxygen atoms in total. The molecule has 1 aliphatic carbocycles. The van der Waals surface area contributed by atoms with E-state index in [9.17, 15) is 29.7 Å². The largest absolute Gasteiger partial charge is 0.508 e. The maximum Gasteiger partial charge on any atom is 0.319 e. The Bertz CT molecular complexity index is 3660. The van der Waals surface area contributed by atoms with Crippen molar-refractivity contribution in [2.45, 2.75) is 130 Å². The smallest absolute Gasteiger partial charge is 0.319 e. The van der Waals surface area contributed by atoms with Crippen LogP contribution in [0.15, 0.2) is 84.5 Å². The number of piperidine rings is 2. The molecule has 3 aromatic heterocycles. The van der Waals surface area contributed by atoms with E-state index in [2.05, 4.69) is 30.5 Å². The number of carbonyl (C=O) groups is 3. The van der Waals surface area contributed by atoms with Crippen LogP contribution in [0.2, 0.25) is 0 Å². The van der Waals surface area contributed by atoms with Crippen LogP contribution in [0, 0.1) is 35.3 Å². The minimum Gasteiger partial charge on any atom is -0.508 e. The Kier molecular flexibility index (Phi) is 17.1. The standard InChI is InChI=1S/C66H77F2N9O8S/c1-8-48-51(67)19-16-44-28-45(78)29-49(53(44)48)55-54(68)56-50(31-69-55)59(76-25-9-22-65(7,83)34-76)74-63(72-56)85-36-66(23-24-66)35-75-26-20-40(21-27-75)33-84-47-17-14-43(15-18-47)60(80)73-58(64(4,5)6)62(82)77-32-46(79)30-52(77)61(81)71-38(2)41-10-12-42(13-11-41)57-39(3)70-37-86-57/h10-19,28-29,31,37-38,40,46,52,58,78-79,83H,8-9,20-27,30,32-36H2,1-7H3,(H,71,81)(H,73,80)/t38-,46+,52-,58+,65?/m0/s1. The number of pyridine rings is 1. The summed E-state index contributed by atoms with van der Waals surface area (Å²) in [5, 5.41) is 40.1. The number of aromatic nitrogens is 4. The molecule has 4 fully saturated rings. The van der Waals surface area contributed by atoms with E-state index in [-0.39, 0.29) is 65.4 Å². The van der Waals surface area contributed by atoms with Gasteiger partial charge in [-0.2, -0.15) is 9.97 Å². The number of aromatic hydroxyl groups is 1. The van der Waals surface area contributed by atoms with Gasteiger partial charge in [0.25, 0.3) is 5.91 Å². The number of hydrogen-bond donors (Lipinski definition) is 5. The van der Waals surface area contributed by atoms with Gasteiger partial charge < -0.3 is 50.1 Å². The highest BCUT2D eigenvalue weighted by Gasteiger charge is 2.47. The molecule has 454 valence electrons. The van der Waals surface area contributed by atoms with Crippen LogP contribution < -0.4 is 25.0 Å². The number of anilines is 1. The zero-order valence-corrected chi connectivity index (χ0v) is 50.8. The van der Waals surface area contributed by atoms with Crippen molar-refractivity contribution in [3.8, 4) is 39.2 Å². The van der Waals surface area contributed by atoms with E-state index in [0.29, 0.717) is 83.8 Å². The van der Waals surface area contributed by atoms with Gasteiger partial charge in [-0.3, -0.25) is 19.4 Å². The lowest BCUT2D eigenvalue weighted by molar-refractivity contribution is -0.142. The molecule has 86 heavy (non-hydrogen) atoms. The summed E-state index contributed by atoms with van der Waals surface area (Å²) in [6.07, 6.45) is 6.06. The number of halogens is 2. The SMILES string of the molecule is CCc1c(F)ccc2cc(O)cc(-c3ncc4c(N5CCCC(C)(O)C5)nc(OCC5(CN6CCC(COc7ccc(C(=O)N[C@H](C(=O)N8C[C@H](O)C[C@H]8C(=O)N[C@@H](C)c8ccc(-c9scnc9C)cc8)C(C)(C)C)cc7)CC6)CC5)nc4c3F)c12. The minimum absolute atomic E-state index is 0.0113. The minimum atomic E-state index is -1.00. The van der Waals surface area contributed by atoms with Gasteiger partial charge in [-0.1, -0.05) is 58.0 Å². The first-order chi connectivity index (χ1) is 41.1. The van der Waals surface area contributed by atoms with E-state index in [4.69, 9.17) is 14.5 Å². The lowest BCUT2D eigenvalue weighted by Gasteiger charge is -2.38. The zero-order valence-electron chi connectivity index (χ0n) is 50.0. The Labute approximate surface area is 504 Å². The monoisotopic (exact) mass is 1190 g/mol. The second-order valence-corrected chi connectivity index (χ2v) is 26.5. The summed E-state index contributed by atoms with van der Waals surface area (Å²) >= 11 is 1.57. The third-order valence-electron chi connectivity index (χ3n) is 17.7. The summed E-state index contributed by atoms with van der Waals surface area (Å²) in [7, 11) is 0. The van der Waals surface area contributed by atoms with Gasteiger partial charge in [-0.25, -0.2) is 13.8 Å². The van der Waals surface area contributed by atoms with E-state index in [1.165, 1.54) is 29.3 Å².